The van der Waals surface area contributed by atoms with Crippen molar-refractivity contribution in [1.82, 2.24) is 4.90 Å². The molecule has 0 bridgehead atoms. The summed E-state index contributed by atoms with van der Waals surface area (Å²) in [5.74, 6) is 0. The highest BCUT2D eigenvalue weighted by atomic mass is 19.4. The van der Waals surface area contributed by atoms with Gasteiger partial charge >= 0.3 is 12.4 Å². The predicted octanol–water partition coefficient (Wildman–Crippen LogP) is 5.04. The molecule has 2 fully saturated rings. The molecule has 1 spiro atoms. The molecule has 164 valence electrons. The van der Waals surface area contributed by atoms with Gasteiger partial charge < -0.3 is 9.84 Å². The van der Waals surface area contributed by atoms with Gasteiger partial charge in [-0.25, -0.2) is 0 Å². The fourth-order valence-electron chi connectivity index (χ4n) is 4.58. The van der Waals surface area contributed by atoms with E-state index in [4.69, 9.17) is 4.74 Å². The quantitative estimate of drug-likeness (QED) is 0.687. The molecule has 0 aromatic heterocycles. The maximum absolute atomic E-state index is 13.1. The fourth-order valence-corrected chi connectivity index (χ4v) is 4.58. The molecular formula is C20H25F6NO2. The largest absolute Gasteiger partial charge is 0.416 e. The van der Waals surface area contributed by atoms with Crippen LogP contribution in [0.15, 0.2) is 18.2 Å². The molecular weight excluding hydrogens is 400 g/mol. The van der Waals surface area contributed by atoms with Gasteiger partial charge in [0.05, 0.1) is 23.3 Å². The van der Waals surface area contributed by atoms with Crippen molar-refractivity contribution in [2.45, 2.75) is 63.7 Å². The van der Waals surface area contributed by atoms with E-state index in [1.165, 1.54) is 0 Å². The zero-order valence-electron chi connectivity index (χ0n) is 16.3. The SMILES string of the molecule is CCOC1CC(O)C12CCN(C(C)c1cc(C(F)(F)F)cc(C(F)(F)F)c1)CC2. The highest BCUT2D eigenvalue weighted by Gasteiger charge is 2.56. The molecule has 1 aromatic rings. The van der Waals surface area contributed by atoms with Crippen molar-refractivity contribution in [3.63, 3.8) is 0 Å². The zero-order chi connectivity index (χ0) is 21.6. The third kappa shape index (κ3) is 4.27. The number of hydrogen-bond acceptors (Lipinski definition) is 3. The van der Waals surface area contributed by atoms with E-state index in [-0.39, 0.29) is 23.1 Å². The molecule has 3 rings (SSSR count). The zero-order valence-corrected chi connectivity index (χ0v) is 16.3. The van der Waals surface area contributed by atoms with Gasteiger partial charge in [0, 0.05) is 24.5 Å². The first-order valence-corrected chi connectivity index (χ1v) is 9.71. The fraction of sp³-hybridized carbons (Fsp3) is 0.700. The number of ether oxygens (including phenoxy) is 1. The van der Waals surface area contributed by atoms with E-state index < -0.39 is 35.6 Å². The van der Waals surface area contributed by atoms with Gasteiger partial charge in [0.2, 0.25) is 0 Å². The van der Waals surface area contributed by atoms with Crippen LogP contribution in [0, 0.1) is 5.41 Å². The van der Waals surface area contributed by atoms with E-state index in [1.54, 1.807) is 6.92 Å². The minimum atomic E-state index is -4.86. The molecule has 1 N–H and O–H groups in total. The van der Waals surface area contributed by atoms with Crippen molar-refractivity contribution < 1.29 is 36.2 Å². The third-order valence-corrected chi connectivity index (χ3v) is 6.48. The number of hydrogen-bond donors (Lipinski definition) is 1. The van der Waals surface area contributed by atoms with Crippen LogP contribution in [0.5, 0.6) is 0 Å². The number of piperidine rings is 1. The molecule has 2 aliphatic rings. The number of aliphatic hydroxyl groups is 1. The predicted molar refractivity (Wildman–Crippen MR) is 94.1 cm³/mol. The van der Waals surface area contributed by atoms with Gasteiger partial charge in [-0.05, 0) is 63.5 Å². The van der Waals surface area contributed by atoms with Crippen molar-refractivity contribution in [3.05, 3.63) is 34.9 Å². The van der Waals surface area contributed by atoms with Crippen LogP contribution < -0.4 is 0 Å². The van der Waals surface area contributed by atoms with Crippen LogP contribution in [0.4, 0.5) is 26.3 Å². The normalized spacial score (nSPS) is 26.4. The number of rotatable bonds is 4. The van der Waals surface area contributed by atoms with Crippen molar-refractivity contribution in [1.29, 1.82) is 0 Å². The summed E-state index contributed by atoms with van der Waals surface area (Å²) < 4.78 is 84.5. The number of nitrogens with zero attached hydrogens (tertiary/aromatic N) is 1. The Balaban J connectivity index is 1.80. The Labute approximate surface area is 165 Å². The molecule has 3 atom stereocenters. The van der Waals surface area contributed by atoms with Crippen molar-refractivity contribution in [2.75, 3.05) is 19.7 Å². The van der Waals surface area contributed by atoms with Crippen LogP contribution in [0.1, 0.15) is 55.8 Å². The van der Waals surface area contributed by atoms with E-state index in [1.807, 2.05) is 11.8 Å². The lowest BCUT2D eigenvalue weighted by Crippen LogP contribution is -2.62. The molecule has 1 aromatic carbocycles. The lowest BCUT2D eigenvalue weighted by Gasteiger charge is -2.57. The molecule has 9 heteroatoms. The number of halogens is 6. The van der Waals surface area contributed by atoms with Gasteiger partial charge in [-0.3, -0.25) is 4.90 Å². The average Bonchev–Trinajstić information content (AvgIpc) is 2.65. The summed E-state index contributed by atoms with van der Waals surface area (Å²) >= 11 is 0. The molecule has 0 radical (unpaired) electrons. The first kappa shape index (κ1) is 22.4. The van der Waals surface area contributed by atoms with E-state index in [0.29, 0.717) is 39.0 Å². The Morgan fingerprint density at radius 1 is 1.07 bits per heavy atom. The second-order valence-electron chi connectivity index (χ2n) is 7.98. The summed E-state index contributed by atoms with van der Waals surface area (Å²) in [7, 11) is 0. The van der Waals surface area contributed by atoms with E-state index in [9.17, 15) is 31.4 Å². The monoisotopic (exact) mass is 425 g/mol. The molecule has 1 aliphatic carbocycles. The molecule has 29 heavy (non-hydrogen) atoms. The van der Waals surface area contributed by atoms with Crippen molar-refractivity contribution in [2.24, 2.45) is 5.41 Å². The van der Waals surface area contributed by atoms with Crippen LogP contribution in [-0.2, 0) is 17.1 Å². The third-order valence-electron chi connectivity index (χ3n) is 6.48. The van der Waals surface area contributed by atoms with E-state index in [2.05, 4.69) is 0 Å². The van der Waals surface area contributed by atoms with Gasteiger partial charge in [0.1, 0.15) is 0 Å². The lowest BCUT2D eigenvalue weighted by atomic mass is 9.58. The Kier molecular flexibility index (Phi) is 5.97. The maximum atomic E-state index is 13.1. The van der Waals surface area contributed by atoms with Gasteiger partial charge in [-0.2, -0.15) is 26.3 Å². The standard InChI is InChI=1S/C20H25F6NO2/c1-3-29-17-11-16(28)18(17)4-6-27(7-5-18)12(2)13-8-14(19(21,22)23)10-15(9-13)20(24,25)26/h8-10,12,16-17,28H,3-7,11H2,1-2H3. The Hall–Kier alpha value is -1.32. The molecule has 1 heterocycles. The first-order valence-electron chi connectivity index (χ1n) is 9.71. The van der Waals surface area contributed by atoms with Gasteiger partial charge in [-0.1, -0.05) is 0 Å². The molecule has 0 amide bonds. The Morgan fingerprint density at radius 3 is 2.00 bits per heavy atom. The maximum Gasteiger partial charge on any atom is 0.416 e. The number of aliphatic hydroxyl groups excluding tert-OH is 1. The van der Waals surface area contributed by atoms with Crippen LogP contribution in [0.3, 0.4) is 0 Å². The van der Waals surface area contributed by atoms with Crippen LogP contribution in [-0.4, -0.2) is 41.9 Å². The van der Waals surface area contributed by atoms with Gasteiger partial charge in [0.25, 0.3) is 0 Å². The lowest BCUT2D eigenvalue weighted by molar-refractivity contribution is -0.211. The molecule has 1 aliphatic heterocycles. The number of alkyl halides is 6. The van der Waals surface area contributed by atoms with E-state index >= 15 is 0 Å². The van der Waals surface area contributed by atoms with Crippen LogP contribution in [0.2, 0.25) is 0 Å². The summed E-state index contributed by atoms with van der Waals surface area (Å²) in [5, 5.41) is 10.3. The average molecular weight is 425 g/mol. The first-order chi connectivity index (χ1) is 13.4. The number of benzene rings is 1. The van der Waals surface area contributed by atoms with E-state index in [0.717, 1.165) is 12.1 Å². The van der Waals surface area contributed by atoms with Crippen LogP contribution in [0.25, 0.3) is 0 Å². The Morgan fingerprint density at radius 2 is 1.59 bits per heavy atom. The topological polar surface area (TPSA) is 32.7 Å². The highest BCUT2D eigenvalue weighted by molar-refractivity contribution is 5.35. The summed E-state index contributed by atoms with van der Waals surface area (Å²) in [4.78, 5) is 1.87. The number of likely N-dealkylation sites (tertiary alicyclic amines) is 1. The molecule has 1 saturated carbocycles. The molecule has 1 saturated heterocycles. The van der Waals surface area contributed by atoms with Crippen LogP contribution >= 0.6 is 0 Å². The molecule has 3 nitrogen and oxygen atoms in total. The second kappa shape index (κ2) is 7.74. The van der Waals surface area contributed by atoms with Crippen molar-refractivity contribution >= 4 is 0 Å². The highest BCUT2D eigenvalue weighted by Crippen LogP contribution is 2.51. The second-order valence-corrected chi connectivity index (χ2v) is 7.98. The Bertz CT molecular complexity index is 690. The smallest absolute Gasteiger partial charge is 0.392 e. The summed E-state index contributed by atoms with van der Waals surface area (Å²) in [5.41, 5.74) is -2.97. The molecule has 3 unspecified atom stereocenters. The minimum absolute atomic E-state index is 0.0152. The summed E-state index contributed by atoms with van der Waals surface area (Å²) in [6.07, 6.45) is -8.51. The minimum Gasteiger partial charge on any atom is -0.392 e. The van der Waals surface area contributed by atoms with Gasteiger partial charge in [-0.15, -0.1) is 0 Å². The summed E-state index contributed by atoms with van der Waals surface area (Å²) in [6.45, 7) is 4.97. The van der Waals surface area contributed by atoms with Gasteiger partial charge in [0.15, 0.2) is 0 Å². The summed E-state index contributed by atoms with van der Waals surface area (Å²) in [6, 6.07) is 1.13. The van der Waals surface area contributed by atoms with Crippen molar-refractivity contribution in [3.8, 4) is 0 Å².